The molecule has 0 saturated carbocycles. The van der Waals surface area contributed by atoms with Crippen molar-refractivity contribution in [3.63, 3.8) is 0 Å². The van der Waals surface area contributed by atoms with E-state index in [0.717, 1.165) is 5.56 Å². The number of rotatable bonds is 8. The highest BCUT2D eigenvalue weighted by molar-refractivity contribution is 7.89. The third-order valence-corrected chi connectivity index (χ3v) is 7.68. The highest BCUT2D eigenvalue weighted by Gasteiger charge is 2.34. The Hall–Kier alpha value is -2.13. The van der Waals surface area contributed by atoms with E-state index in [1.54, 1.807) is 11.8 Å². The number of nitrogens with one attached hydrogen (secondary N) is 1. The highest BCUT2D eigenvalue weighted by Crippen LogP contribution is 2.26. The molecule has 1 aliphatic heterocycles. The summed E-state index contributed by atoms with van der Waals surface area (Å²) in [5.41, 5.74) is 0.803. The van der Waals surface area contributed by atoms with Gasteiger partial charge in [0, 0.05) is 18.1 Å². The van der Waals surface area contributed by atoms with Gasteiger partial charge in [-0.3, -0.25) is 9.59 Å². The summed E-state index contributed by atoms with van der Waals surface area (Å²) in [4.78, 5) is 26.8. The summed E-state index contributed by atoms with van der Waals surface area (Å²) in [6.45, 7) is 2.74. The van der Waals surface area contributed by atoms with Crippen molar-refractivity contribution in [1.29, 1.82) is 0 Å². The molecule has 0 aromatic heterocycles. The van der Waals surface area contributed by atoms with Gasteiger partial charge in [-0.1, -0.05) is 53.5 Å². The van der Waals surface area contributed by atoms with E-state index in [9.17, 15) is 18.0 Å². The summed E-state index contributed by atoms with van der Waals surface area (Å²) in [6, 6.07) is 12.2. The Morgan fingerprint density at radius 1 is 1.12 bits per heavy atom. The second-order valence-electron chi connectivity index (χ2n) is 7.79. The second kappa shape index (κ2) is 11.3. The van der Waals surface area contributed by atoms with Crippen molar-refractivity contribution in [2.24, 2.45) is 5.92 Å². The van der Waals surface area contributed by atoms with Crippen LogP contribution in [0.2, 0.25) is 10.0 Å². The molecule has 1 atom stereocenters. The third kappa shape index (κ3) is 6.69. The molecule has 0 unspecified atom stereocenters. The van der Waals surface area contributed by atoms with Crippen molar-refractivity contribution >= 4 is 45.1 Å². The van der Waals surface area contributed by atoms with Gasteiger partial charge in [0.05, 0.1) is 17.5 Å². The SMILES string of the molecule is CCOC(=O)C1CCN(C(=O)[C@H](Cc2ccccc2)NS(=O)(=O)c2cc(Cl)ccc2Cl)CC1. The summed E-state index contributed by atoms with van der Waals surface area (Å²) in [6.07, 6.45) is 1.10. The van der Waals surface area contributed by atoms with E-state index in [1.807, 2.05) is 30.3 Å². The van der Waals surface area contributed by atoms with Gasteiger partial charge < -0.3 is 9.64 Å². The van der Waals surface area contributed by atoms with Gasteiger partial charge in [-0.15, -0.1) is 0 Å². The molecule has 1 fully saturated rings. The molecule has 1 saturated heterocycles. The Morgan fingerprint density at radius 2 is 1.79 bits per heavy atom. The zero-order valence-corrected chi connectivity index (χ0v) is 20.5. The van der Waals surface area contributed by atoms with Crippen LogP contribution in [0.4, 0.5) is 0 Å². The van der Waals surface area contributed by atoms with Crippen LogP contribution >= 0.6 is 23.2 Å². The molecule has 1 N–H and O–H groups in total. The molecule has 0 spiro atoms. The number of hydrogen-bond donors (Lipinski definition) is 1. The molecule has 0 bridgehead atoms. The predicted octanol–water partition coefficient (Wildman–Crippen LogP) is 3.68. The molecule has 1 aliphatic rings. The minimum absolute atomic E-state index is 0.00746. The molecule has 3 rings (SSSR count). The number of likely N-dealkylation sites (tertiary alicyclic amines) is 1. The maximum absolute atomic E-state index is 13.4. The van der Waals surface area contributed by atoms with Crippen molar-refractivity contribution in [2.75, 3.05) is 19.7 Å². The molecular formula is C23H26Cl2N2O5S. The van der Waals surface area contributed by atoms with Crippen LogP contribution in [0.5, 0.6) is 0 Å². The molecule has 0 radical (unpaired) electrons. The Bertz CT molecular complexity index is 1090. The number of carbonyl (C=O) groups is 2. The lowest BCUT2D eigenvalue weighted by Gasteiger charge is -2.33. The number of amides is 1. The maximum Gasteiger partial charge on any atom is 0.309 e. The summed E-state index contributed by atoms with van der Waals surface area (Å²) < 4.78 is 33.8. The van der Waals surface area contributed by atoms with Crippen molar-refractivity contribution in [3.8, 4) is 0 Å². The summed E-state index contributed by atoms with van der Waals surface area (Å²) >= 11 is 12.1. The summed E-state index contributed by atoms with van der Waals surface area (Å²) in [5.74, 6) is -0.881. The number of sulfonamides is 1. The van der Waals surface area contributed by atoms with Crippen LogP contribution in [0.1, 0.15) is 25.3 Å². The number of ether oxygens (including phenoxy) is 1. The van der Waals surface area contributed by atoms with Crippen LogP contribution in [0.25, 0.3) is 0 Å². The van der Waals surface area contributed by atoms with Crippen LogP contribution in [-0.4, -0.2) is 50.9 Å². The van der Waals surface area contributed by atoms with Gasteiger partial charge in [-0.2, -0.15) is 4.72 Å². The van der Waals surface area contributed by atoms with E-state index in [4.69, 9.17) is 27.9 Å². The summed E-state index contributed by atoms with van der Waals surface area (Å²) in [7, 11) is -4.14. The van der Waals surface area contributed by atoms with Gasteiger partial charge in [-0.05, 0) is 49.9 Å². The molecule has 7 nitrogen and oxygen atoms in total. The fraction of sp³-hybridized carbons (Fsp3) is 0.391. The Morgan fingerprint density at radius 3 is 2.42 bits per heavy atom. The smallest absolute Gasteiger partial charge is 0.309 e. The molecule has 33 heavy (non-hydrogen) atoms. The predicted molar refractivity (Wildman–Crippen MR) is 127 cm³/mol. The van der Waals surface area contributed by atoms with Crippen LogP contribution < -0.4 is 4.72 Å². The van der Waals surface area contributed by atoms with E-state index >= 15 is 0 Å². The monoisotopic (exact) mass is 512 g/mol. The van der Waals surface area contributed by atoms with Crippen LogP contribution in [0.3, 0.4) is 0 Å². The molecule has 1 amide bonds. The number of carbonyl (C=O) groups excluding carboxylic acids is 2. The number of hydrogen-bond acceptors (Lipinski definition) is 5. The number of halogens is 2. The molecule has 0 aliphatic carbocycles. The lowest BCUT2D eigenvalue weighted by atomic mass is 9.96. The summed E-state index contributed by atoms with van der Waals surface area (Å²) in [5, 5.41) is 0.222. The Labute approximate surface area is 204 Å². The minimum Gasteiger partial charge on any atom is -0.466 e. The van der Waals surface area contributed by atoms with Crippen molar-refractivity contribution in [1.82, 2.24) is 9.62 Å². The number of benzene rings is 2. The largest absolute Gasteiger partial charge is 0.466 e. The number of piperidine rings is 1. The third-order valence-electron chi connectivity index (χ3n) is 5.49. The molecule has 2 aromatic rings. The fourth-order valence-corrected chi connectivity index (χ4v) is 5.73. The molecular weight excluding hydrogens is 487 g/mol. The van der Waals surface area contributed by atoms with Crippen LogP contribution in [0.15, 0.2) is 53.4 Å². The van der Waals surface area contributed by atoms with E-state index < -0.39 is 16.1 Å². The Balaban J connectivity index is 1.80. The quantitative estimate of drug-likeness (QED) is 0.544. The van der Waals surface area contributed by atoms with Crippen molar-refractivity contribution in [2.45, 2.75) is 37.1 Å². The van der Waals surface area contributed by atoms with E-state index in [2.05, 4.69) is 4.72 Å². The first-order valence-corrected chi connectivity index (χ1v) is 12.9. The number of esters is 1. The molecule has 2 aromatic carbocycles. The van der Waals surface area contributed by atoms with E-state index in [-0.39, 0.29) is 39.2 Å². The van der Waals surface area contributed by atoms with E-state index in [0.29, 0.717) is 32.5 Å². The van der Waals surface area contributed by atoms with E-state index in [1.165, 1.54) is 18.2 Å². The molecule has 178 valence electrons. The van der Waals surface area contributed by atoms with Gasteiger partial charge >= 0.3 is 5.97 Å². The average molecular weight is 513 g/mol. The maximum atomic E-state index is 13.4. The van der Waals surface area contributed by atoms with Crippen molar-refractivity contribution < 1.29 is 22.7 Å². The first-order valence-electron chi connectivity index (χ1n) is 10.7. The standard InChI is InChI=1S/C23H26Cl2N2O5S/c1-2-32-23(29)17-10-12-27(13-11-17)22(28)20(14-16-6-4-3-5-7-16)26-33(30,31)21-15-18(24)8-9-19(21)25/h3-9,15,17,20,26H,2,10-14H2,1H3/t20-/m0/s1. The zero-order chi connectivity index (χ0) is 24.0. The second-order valence-corrected chi connectivity index (χ2v) is 10.3. The molecule has 10 heteroatoms. The zero-order valence-electron chi connectivity index (χ0n) is 18.2. The average Bonchev–Trinajstić information content (AvgIpc) is 2.80. The first-order chi connectivity index (χ1) is 15.7. The van der Waals surface area contributed by atoms with Gasteiger partial charge in [0.15, 0.2) is 0 Å². The van der Waals surface area contributed by atoms with Crippen LogP contribution in [0, 0.1) is 5.92 Å². The minimum atomic E-state index is -4.14. The number of nitrogens with zero attached hydrogens (tertiary/aromatic N) is 1. The van der Waals surface area contributed by atoms with Gasteiger partial charge in [-0.25, -0.2) is 8.42 Å². The van der Waals surface area contributed by atoms with Gasteiger partial charge in [0.25, 0.3) is 0 Å². The lowest BCUT2D eigenvalue weighted by molar-refractivity contribution is -0.151. The highest BCUT2D eigenvalue weighted by atomic mass is 35.5. The van der Waals surface area contributed by atoms with Crippen LogP contribution in [-0.2, 0) is 30.8 Å². The Kier molecular flexibility index (Phi) is 8.75. The fourth-order valence-electron chi connectivity index (χ4n) is 3.78. The van der Waals surface area contributed by atoms with Crippen molar-refractivity contribution in [3.05, 3.63) is 64.1 Å². The van der Waals surface area contributed by atoms with Gasteiger partial charge in [0.2, 0.25) is 15.9 Å². The lowest BCUT2D eigenvalue weighted by Crippen LogP contribution is -2.52. The first kappa shape index (κ1) is 25.5. The normalized spacial score (nSPS) is 15.8. The van der Waals surface area contributed by atoms with Gasteiger partial charge in [0.1, 0.15) is 10.9 Å². The molecule has 1 heterocycles. The topological polar surface area (TPSA) is 92.8 Å².